The molecule has 12 heavy (non-hydrogen) atoms. The Balaban J connectivity index is 2.93. The molecule has 1 aromatic heterocycles. The summed E-state index contributed by atoms with van der Waals surface area (Å²) in [5.74, 6) is 0.233. The van der Waals surface area contributed by atoms with Crippen LogP contribution >= 0.6 is 15.9 Å². The van der Waals surface area contributed by atoms with Crippen LogP contribution in [0.3, 0.4) is 0 Å². The van der Waals surface area contributed by atoms with Gasteiger partial charge in [-0.2, -0.15) is 0 Å². The van der Waals surface area contributed by atoms with Gasteiger partial charge in [-0.1, -0.05) is 0 Å². The summed E-state index contributed by atoms with van der Waals surface area (Å²) in [6.45, 7) is 0. The van der Waals surface area contributed by atoms with E-state index in [4.69, 9.17) is 10.8 Å². The van der Waals surface area contributed by atoms with E-state index >= 15 is 0 Å². The Kier molecular flexibility index (Phi) is 2.49. The molecule has 0 aliphatic rings. The summed E-state index contributed by atoms with van der Waals surface area (Å²) in [6.07, 6.45) is 0.212. The standard InChI is InChI=1S/C6H6BrN3O2/c7-4-1-3(8)2-9-5(4)10-6(11)12/h1-2H,8H2,(H,9,10)(H,11,12). The van der Waals surface area contributed by atoms with Crippen molar-refractivity contribution in [1.29, 1.82) is 0 Å². The Hall–Kier alpha value is -1.30. The quantitative estimate of drug-likeness (QED) is 0.684. The van der Waals surface area contributed by atoms with Crippen LogP contribution in [-0.2, 0) is 0 Å². The van der Waals surface area contributed by atoms with Gasteiger partial charge in [0, 0.05) is 0 Å². The molecule has 0 spiro atoms. The molecule has 0 aliphatic heterocycles. The highest BCUT2D eigenvalue weighted by atomic mass is 79.9. The second-order valence-electron chi connectivity index (χ2n) is 2.03. The number of nitrogens with zero attached hydrogens (tertiary/aromatic N) is 1. The summed E-state index contributed by atoms with van der Waals surface area (Å²) in [7, 11) is 0. The topological polar surface area (TPSA) is 88.2 Å². The molecule has 64 valence electrons. The van der Waals surface area contributed by atoms with Crippen LogP contribution in [0.4, 0.5) is 16.3 Å². The lowest BCUT2D eigenvalue weighted by molar-refractivity contribution is 0.209. The molecule has 0 aliphatic carbocycles. The van der Waals surface area contributed by atoms with E-state index in [1.807, 2.05) is 0 Å². The average molecular weight is 232 g/mol. The van der Waals surface area contributed by atoms with E-state index in [1.54, 1.807) is 6.07 Å². The number of aromatic nitrogens is 1. The zero-order chi connectivity index (χ0) is 9.14. The van der Waals surface area contributed by atoms with Crippen LogP contribution < -0.4 is 11.1 Å². The van der Waals surface area contributed by atoms with E-state index in [9.17, 15) is 4.79 Å². The number of hydrogen-bond acceptors (Lipinski definition) is 3. The number of anilines is 2. The van der Waals surface area contributed by atoms with Crippen LogP contribution in [0.2, 0.25) is 0 Å². The van der Waals surface area contributed by atoms with Crippen molar-refractivity contribution in [3.63, 3.8) is 0 Å². The number of hydrogen-bond donors (Lipinski definition) is 3. The Morgan fingerprint density at radius 3 is 2.92 bits per heavy atom. The first-order chi connectivity index (χ1) is 5.59. The van der Waals surface area contributed by atoms with Crippen LogP contribution in [0.5, 0.6) is 0 Å². The van der Waals surface area contributed by atoms with E-state index in [1.165, 1.54) is 6.20 Å². The Bertz CT molecular complexity index is 316. The maximum absolute atomic E-state index is 10.2. The monoisotopic (exact) mass is 231 g/mol. The fourth-order valence-electron chi connectivity index (χ4n) is 0.646. The number of nitrogens with one attached hydrogen (secondary N) is 1. The van der Waals surface area contributed by atoms with Gasteiger partial charge in [0.1, 0.15) is 5.82 Å². The number of halogens is 1. The first kappa shape index (κ1) is 8.79. The maximum Gasteiger partial charge on any atom is 0.410 e. The largest absolute Gasteiger partial charge is 0.465 e. The van der Waals surface area contributed by atoms with Crippen LogP contribution in [0.15, 0.2) is 16.7 Å². The van der Waals surface area contributed by atoms with Crippen molar-refractivity contribution >= 4 is 33.5 Å². The van der Waals surface area contributed by atoms with Gasteiger partial charge >= 0.3 is 6.09 Å². The zero-order valence-electron chi connectivity index (χ0n) is 5.91. The molecular formula is C6H6BrN3O2. The number of nitrogens with two attached hydrogens (primary N) is 1. The van der Waals surface area contributed by atoms with Gasteiger partial charge in [0.05, 0.1) is 16.4 Å². The van der Waals surface area contributed by atoms with Crippen molar-refractivity contribution in [2.45, 2.75) is 0 Å². The maximum atomic E-state index is 10.2. The second-order valence-corrected chi connectivity index (χ2v) is 2.88. The predicted octanol–water partition coefficient (Wildman–Crippen LogP) is 1.52. The normalized spacial score (nSPS) is 9.42. The molecule has 0 radical (unpaired) electrons. The fraction of sp³-hybridized carbons (Fsp3) is 0. The van der Waals surface area contributed by atoms with Gasteiger partial charge in [-0.25, -0.2) is 9.78 Å². The molecule has 1 rings (SSSR count). The van der Waals surface area contributed by atoms with Gasteiger partial charge in [-0.15, -0.1) is 0 Å². The molecule has 0 unspecified atom stereocenters. The smallest absolute Gasteiger partial charge is 0.410 e. The summed E-state index contributed by atoms with van der Waals surface area (Å²) < 4.78 is 0.518. The van der Waals surface area contributed by atoms with E-state index in [0.717, 1.165) is 0 Å². The summed E-state index contributed by atoms with van der Waals surface area (Å²) in [5, 5.41) is 10.5. The molecule has 0 bridgehead atoms. The van der Waals surface area contributed by atoms with Crippen LogP contribution in [0.25, 0.3) is 0 Å². The number of carboxylic acid groups (broad SMARTS) is 1. The third-order valence-electron chi connectivity index (χ3n) is 1.09. The third-order valence-corrected chi connectivity index (χ3v) is 1.69. The summed E-state index contributed by atoms with van der Waals surface area (Å²) >= 11 is 3.11. The van der Waals surface area contributed by atoms with Crippen molar-refractivity contribution in [3.05, 3.63) is 16.7 Å². The summed E-state index contributed by atoms with van der Waals surface area (Å²) in [4.78, 5) is 14.0. The molecule has 1 heterocycles. The zero-order valence-corrected chi connectivity index (χ0v) is 7.50. The molecule has 0 fully saturated rings. The molecule has 5 nitrogen and oxygen atoms in total. The lowest BCUT2D eigenvalue weighted by atomic mass is 10.4. The van der Waals surface area contributed by atoms with Crippen molar-refractivity contribution in [3.8, 4) is 0 Å². The predicted molar refractivity (Wildman–Crippen MR) is 48.0 cm³/mol. The average Bonchev–Trinajstić information content (AvgIpc) is 1.94. The molecule has 0 aromatic carbocycles. The number of amides is 1. The SMILES string of the molecule is Nc1cnc(NC(=O)O)c(Br)c1. The van der Waals surface area contributed by atoms with Crippen molar-refractivity contribution in [1.82, 2.24) is 4.98 Å². The van der Waals surface area contributed by atoms with E-state index in [-0.39, 0.29) is 5.82 Å². The van der Waals surface area contributed by atoms with Crippen LogP contribution in [0.1, 0.15) is 0 Å². The van der Waals surface area contributed by atoms with Crippen LogP contribution in [0, 0.1) is 0 Å². The molecule has 0 atom stereocenters. The lowest BCUT2D eigenvalue weighted by Gasteiger charge is -2.02. The Labute approximate surface area is 76.7 Å². The first-order valence-corrected chi connectivity index (χ1v) is 3.80. The summed E-state index contributed by atoms with van der Waals surface area (Å²) in [6, 6.07) is 1.57. The van der Waals surface area contributed by atoms with Crippen molar-refractivity contribution in [2.24, 2.45) is 0 Å². The first-order valence-electron chi connectivity index (χ1n) is 3.00. The third kappa shape index (κ3) is 2.09. The fourth-order valence-corrected chi connectivity index (χ4v) is 1.11. The molecule has 0 saturated carbocycles. The minimum absolute atomic E-state index is 0.233. The second kappa shape index (κ2) is 3.40. The highest BCUT2D eigenvalue weighted by molar-refractivity contribution is 9.10. The molecular weight excluding hydrogens is 226 g/mol. The number of rotatable bonds is 1. The highest BCUT2D eigenvalue weighted by Crippen LogP contribution is 2.21. The Morgan fingerprint density at radius 2 is 2.42 bits per heavy atom. The number of carbonyl (C=O) groups is 1. The minimum Gasteiger partial charge on any atom is -0.465 e. The van der Waals surface area contributed by atoms with Gasteiger partial charge in [0.25, 0.3) is 0 Å². The van der Waals surface area contributed by atoms with Crippen molar-refractivity contribution < 1.29 is 9.90 Å². The van der Waals surface area contributed by atoms with Gasteiger partial charge in [-0.05, 0) is 22.0 Å². The minimum atomic E-state index is -1.16. The van der Waals surface area contributed by atoms with Gasteiger partial charge in [0.2, 0.25) is 0 Å². The highest BCUT2D eigenvalue weighted by Gasteiger charge is 2.03. The Morgan fingerprint density at radius 1 is 1.75 bits per heavy atom. The van der Waals surface area contributed by atoms with Gasteiger partial charge in [0.15, 0.2) is 0 Å². The lowest BCUT2D eigenvalue weighted by Crippen LogP contribution is -2.09. The summed E-state index contributed by atoms with van der Waals surface area (Å²) in [5.41, 5.74) is 5.86. The molecule has 1 amide bonds. The van der Waals surface area contributed by atoms with E-state index < -0.39 is 6.09 Å². The van der Waals surface area contributed by atoms with E-state index in [2.05, 4.69) is 26.2 Å². The molecule has 4 N–H and O–H groups in total. The van der Waals surface area contributed by atoms with E-state index in [0.29, 0.717) is 10.2 Å². The van der Waals surface area contributed by atoms with Gasteiger partial charge < -0.3 is 10.8 Å². The molecule has 1 aromatic rings. The van der Waals surface area contributed by atoms with Gasteiger partial charge in [-0.3, -0.25) is 5.32 Å². The molecule has 0 saturated heterocycles. The van der Waals surface area contributed by atoms with Crippen molar-refractivity contribution in [2.75, 3.05) is 11.1 Å². The van der Waals surface area contributed by atoms with Crippen LogP contribution in [-0.4, -0.2) is 16.2 Å². The number of pyridine rings is 1. The number of nitrogen functional groups attached to an aromatic ring is 1. The molecule has 6 heteroatoms.